The standard InChI is InChI=1S/C20H21ClN2O4/c1-13-19(27-17-8-3-2-7-16(17)26-13)20(24)22-15-6-4-5-14(21)18(15)23-9-11-25-12-10-23/h2-8,13,19H,9-12H2,1H3,(H,22,24)/t13-,19-/m0/s1. The number of anilines is 2. The molecule has 1 fully saturated rings. The van der Waals surface area contributed by atoms with Gasteiger partial charge in [0.1, 0.15) is 6.10 Å². The van der Waals surface area contributed by atoms with Gasteiger partial charge in [0.15, 0.2) is 11.5 Å². The van der Waals surface area contributed by atoms with E-state index in [2.05, 4.69) is 10.2 Å². The number of hydrogen-bond acceptors (Lipinski definition) is 5. The van der Waals surface area contributed by atoms with E-state index in [4.69, 9.17) is 25.8 Å². The Balaban J connectivity index is 1.56. The van der Waals surface area contributed by atoms with Crippen molar-refractivity contribution < 1.29 is 19.0 Å². The molecule has 142 valence electrons. The summed E-state index contributed by atoms with van der Waals surface area (Å²) in [6, 6.07) is 12.8. The third-order valence-electron chi connectivity index (χ3n) is 4.67. The summed E-state index contributed by atoms with van der Waals surface area (Å²) in [7, 11) is 0. The van der Waals surface area contributed by atoms with Gasteiger partial charge in [0.05, 0.1) is 29.6 Å². The maximum Gasteiger partial charge on any atom is 0.269 e. The van der Waals surface area contributed by atoms with Crippen LogP contribution in [0, 0.1) is 0 Å². The van der Waals surface area contributed by atoms with E-state index in [0.29, 0.717) is 35.4 Å². The number of ether oxygens (including phenoxy) is 3. The van der Waals surface area contributed by atoms with Gasteiger partial charge in [-0.25, -0.2) is 0 Å². The quantitative estimate of drug-likeness (QED) is 0.873. The minimum absolute atomic E-state index is 0.270. The van der Waals surface area contributed by atoms with Crippen molar-refractivity contribution >= 4 is 28.9 Å². The molecule has 1 N–H and O–H groups in total. The Kier molecular flexibility index (Phi) is 5.09. The number of hydrogen-bond donors (Lipinski definition) is 1. The van der Waals surface area contributed by atoms with Gasteiger partial charge >= 0.3 is 0 Å². The molecule has 4 rings (SSSR count). The number of carbonyl (C=O) groups excluding carboxylic acids is 1. The zero-order chi connectivity index (χ0) is 18.8. The van der Waals surface area contributed by atoms with Crippen molar-refractivity contribution in [1.82, 2.24) is 0 Å². The number of nitrogens with zero attached hydrogens (tertiary/aromatic N) is 1. The lowest BCUT2D eigenvalue weighted by molar-refractivity contribution is -0.128. The van der Waals surface area contributed by atoms with Crippen LogP contribution in [0.4, 0.5) is 11.4 Å². The van der Waals surface area contributed by atoms with Gasteiger partial charge in [-0.3, -0.25) is 4.79 Å². The molecule has 27 heavy (non-hydrogen) atoms. The summed E-state index contributed by atoms with van der Waals surface area (Å²) in [4.78, 5) is 15.1. The van der Waals surface area contributed by atoms with E-state index < -0.39 is 12.2 Å². The van der Waals surface area contributed by atoms with Crippen molar-refractivity contribution in [2.24, 2.45) is 0 Å². The number of carbonyl (C=O) groups is 1. The molecule has 0 spiro atoms. The highest BCUT2D eigenvalue weighted by Gasteiger charge is 2.34. The van der Waals surface area contributed by atoms with Gasteiger partial charge in [0.2, 0.25) is 6.10 Å². The summed E-state index contributed by atoms with van der Waals surface area (Å²) in [5.74, 6) is 0.940. The molecule has 0 unspecified atom stereocenters. The zero-order valence-electron chi connectivity index (χ0n) is 15.0. The fraction of sp³-hybridized carbons (Fsp3) is 0.350. The highest BCUT2D eigenvalue weighted by molar-refractivity contribution is 6.34. The maximum absolute atomic E-state index is 12.9. The Hall–Kier alpha value is -2.44. The molecule has 2 aliphatic rings. The molecule has 0 radical (unpaired) electrons. The Morgan fingerprint density at radius 3 is 2.52 bits per heavy atom. The lowest BCUT2D eigenvalue weighted by atomic mass is 10.1. The first-order chi connectivity index (χ1) is 13.1. The van der Waals surface area contributed by atoms with E-state index >= 15 is 0 Å². The first kappa shape index (κ1) is 17.9. The van der Waals surface area contributed by atoms with Crippen LogP contribution >= 0.6 is 11.6 Å². The maximum atomic E-state index is 12.9. The Morgan fingerprint density at radius 1 is 1.07 bits per heavy atom. The summed E-state index contributed by atoms with van der Waals surface area (Å²) in [5.41, 5.74) is 1.46. The molecule has 2 aliphatic heterocycles. The molecule has 6 nitrogen and oxygen atoms in total. The normalized spacial score (nSPS) is 21.6. The summed E-state index contributed by atoms with van der Waals surface area (Å²) in [6.07, 6.45) is -1.16. The molecule has 2 aromatic carbocycles. The summed E-state index contributed by atoms with van der Waals surface area (Å²) in [5, 5.41) is 3.56. The molecule has 0 aromatic heterocycles. The van der Waals surface area contributed by atoms with E-state index in [9.17, 15) is 4.79 Å². The van der Waals surface area contributed by atoms with Crippen molar-refractivity contribution in [2.75, 3.05) is 36.5 Å². The van der Waals surface area contributed by atoms with Crippen LogP contribution in [-0.4, -0.2) is 44.4 Å². The highest BCUT2D eigenvalue weighted by Crippen LogP contribution is 2.36. The van der Waals surface area contributed by atoms with Crippen LogP contribution in [0.3, 0.4) is 0 Å². The number of morpholine rings is 1. The molecular weight excluding hydrogens is 368 g/mol. The number of benzene rings is 2. The minimum atomic E-state index is -0.753. The average Bonchev–Trinajstić information content (AvgIpc) is 2.68. The van der Waals surface area contributed by atoms with Crippen LogP contribution in [0.5, 0.6) is 11.5 Å². The number of fused-ring (bicyclic) bond motifs is 1. The van der Waals surface area contributed by atoms with Crippen molar-refractivity contribution in [1.29, 1.82) is 0 Å². The number of rotatable bonds is 3. The van der Waals surface area contributed by atoms with E-state index in [-0.39, 0.29) is 5.91 Å². The van der Waals surface area contributed by atoms with E-state index in [0.717, 1.165) is 18.8 Å². The predicted molar refractivity (Wildman–Crippen MR) is 104 cm³/mol. The second-order valence-electron chi connectivity index (χ2n) is 6.53. The summed E-state index contributed by atoms with van der Waals surface area (Å²) in [6.45, 7) is 4.53. The molecule has 0 saturated carbocycles. The number of para-hydroxylation sites is 3. The van der Waals surface area contributed by atoms with Crippen LogP contribution in [-0.2, 0) is 9.53 Å². The van der Waals surface area contributed by atoms with Gasteiger partial charge in [-0.2, -0.15) is 0 Å². The van der Waals surface area contributed by atoms with Gasteiger partial charge in [-0.05, 0) is 31.2 Å². The van der Waals surface area contributed by atoms with Gasteiger partial charge in [0, 0.05) is 13.1 Å². The fourth-order valence-electron chi connectivity index (χ4n) is 3.33. The molecule has 0 aliphatic carbocycles. The van der Waals surface area contributed by atoms with Crippen LogP contribution in [0.15, 0.2) is 42.5 Å². The van der Waals surface area contributed by atoms with Gasteiger partial charge in [-0.15, -0.1) is 0 Å². The van der Waals surface area contributed by atoms with Crippen molar-refractivity contribution in [3.63, 3.8) is 0 Å². The predicted octanol–water partition coefficient (Wildman–Crippen LogP) is 3.34. The molecule has 2 heterocycles. The largest absolute Gasteiger partial charge is 0.482 e. The molecule has 7 heteroatoms. The second-order valence-corrected chi connectivity index (χ2v) is 6.94. The molecule has 2 atom stereocenters. The molecule has 1 amide bonds. The summed E-state index contributed by atoms with van der Waals surface area (Å²) < 4.78 is 17.1. The Bertz CT molecular complexity index is 838. The highest BCUT2D eigenvalue weighted by atomic mass is 35.5. The van der Waals surface area contributed by atoms with E-state index in [1.54, 1.807) is 6.07 Å². The first-order valence-corrected chi connectivity index (χ1v) is 9.35. The topological polar surface area (TPSA) is 60.0 Å². The van der Waals surface area contributed by atoms with E-state index in [1.807, 2.05) is 43.3 Å². The number of halogens is 1. The lowest BCUT2D eigenvalue weighted by Crippen LogP contribution is -2.46. The SMILES string of the molecule is C[C@@H]1Oc2ccccc2O[C@@H]1C(=O)Nc1cccc(Cl)c1N1CCOCC1. The Labute approximate surface area is 163 Å². The van der Waals surface area contributed by atoms with Crippen LogP contribution < -0.4 is 19.7 Å². The third kappa shape index (κ3) is 3.68. The first-order valence-electron chi connectivity index (χ1n) is 8.98. The smallest absolute Gasteiger partial charge is 0.269 e. The average molecular weight is 389 g/mol. The van der Waals surface area contributed by atoms with Crippen molar-refractivity contribution in [3.05, 3.63) is 47.5 Å². The third-order valence-corrected chi connectivity index (χ3v) is 4.98. The second kappa shape index (κ2) is 7.66. The monoisotopic (exact) mass is 388 g/mol. The number of nitrogens with one attached hydrogen (secondary N) is 1. The van der Waals surface area contributed by atoms with E-state index in [1.165, 1.54) is 0 Å². The van der Waals surface area contributed by atoms with Crippen molar-refractivity contribution in [2.45, 2.75) is 19.1 Å². The van der Waals surface area contributed by atoms with Gasteiger partial charge in [-0.1, -0.05) is 29.8 Å². The molecular formula is C20H21ClN2O4. The Morgan fingerprint density at radius 2 is 1.78 bits per heavy atom. The lowest BCUT2D eigenvalue weighted by Gasteiger charge is -2.33. The van der Waals surface area contributed by atoms with Crippen molar-refractivity contribution in [3.8, 4) is 11.5 Å². The fourth-order valence-corrected chi connectivity index (χ4v) is 3.63. The van der Waals surface area contributed by atoms with Gasteiger partial charge < -0.3 is 24.4 Å². The van der Waals surface area contributed by atoms with Gasteiger partial charge in [0.25, 0.3) is 5.91 Å². The molecule has 1 saturated heterocycles. The summed E-state index contributed by atoms with van der Waals surface area (Å²) >= 11 is 6.44. The zero-order valence-corrected chi connectivity index (χ0v) is 15.7. The van der Waals surface area contributed by atoms with Crippen LogP contribution in [0.25, 0.3) is 0 Å². The molecule has 0 bridgehead atoms. The number of amides is 1. The minimum Gasteiger partial charge on any atom is -0.482 e. The van der Waals surface area contributed by atoms with Crippen LogP contribution in [0.2, 0.25) is 5.02 Å². The molecule has 2 aromatic rings. The van der Waals surface area contributed by atoms with Crippen LogP contribution in [0.1, 0.15) is 6.92 Å².